The second-order valence-electron chi connectivity index (χ2n) is 5.45. The van der Waals surface area contributed by atoms with Gasteiger partial charge in [-0.1, -0.05) is 24.3 Å². The second-order valence-corrected chi connectivity index (χ2v) is 5.45. The van der Waals surface area contributed by atoms with E-state index < -0.39 is 5.91 Å². The molecule has 1 aromatic heterocycles. The number of nitrogens with two attached hydrogens (primary N) is 1. The van der Waals surface area contributed by atoms with Crippen LogP contribution in [0.3, 0.4) is 0 Å². The summed E-state index contributed by atoms with van der Waals surface area (Å²) in [6.45, 7) is 8.69. The van der Waals surface area contributed by atoms with Gasteiger partial charge in [0, 0.05) is 24.2 Å². The third kappa shape index (κ3) is 4.25. The summed E-state index contributed by atoms with van der Waals surface area (Å²) in [5.74, 6) is -0.226. The Kier molecular flexibility index (Phi) is 5.41. The van der Waals surface area contributed by atoms with Gasteiger partial charge in [-0.3, -0.25) is 9.59 Å². The number of likely N-dealkylation sites (N-methyl/N-ethyl adjacent to an activating group) is 1. The third-order valence-corrected chi connectivity index (χ3v) is 3.35. The molecule has 24 heavy (non-hydrogen) atoms. The summed E-state index contributed by atoms with van der Waals surface area (Å²) in [7, 11) is 0. The van der Waals surface area contributed by atoms with E-state index in [0.29, 0.717) is 30.0 Å². The van der Waals surface area contributed by atoms with Gasteiger partial charge in [0.15, 0.2) is 0 Å². The molecule has 2 N–H and O–H groups in total. The van der Waals surface area contributed by atoms with Gasteiger partial charge in [0.1, 0.15) is 6.54 Å². The lowest BCUT2D eigenvalue weighted by Gasteiger charge is -2.20. The Bertz CT molecular complexity index is 750. The molecule has 0 aliphatic carbocycles. The van der Waals surface area contributed by atoms with Gasteiger partial charge >= 0.3 is 0 Å². The van der Waals surface area contributed by atoms with Crippen molar-refractivity contribution in [2.24, 2.45) is 5.73 Å². The van der Waals surface area contributed by atoms with E-state index in [9.17, 15) is 9.59 Å². The minimum Gasteiger partial charge on any atom is -0.366 e. The smallest absolute Gasteiger partial charge is 0.248 e. The van der Waals surface area contributed by atoms with Crippen LogP contribution < -0.4 is 5.73 Å². The molecule has 8 heteroatoms. The number of hydrogen-bond donors (Lipinski definition) is 1. The second kappa shape index (κ2) is 7.49. The molecule has 0 radical (unpaired) electrons. The lowest BCUT2D eigenvalue weighted by molar-refractivity contribution is -0.131. The molecule has 2 rings (SSSR count). The molecule has 126 valence electrons. The number of tetrazole rings is 1. The van der Waals surface area contributed by atoms with Crippen LogP contribution in [0.4, 0.5) is 0 Å². The van der Waals surface area contributed by atoms with Crippen molar-refractivity contribution >= 4 is 11.8 Å². The van der Waals surface area contributed by atoms with Gasteiger partial charge < -0.3 is 10.6 Å². The van der Waals surface area contributed by atoms with Gasteiger partial charge in [0.05, 0.1) is 0 Å². The van der Waals surface area contributed by atoms with Crippen LogP contribution >= 0.6 is 0 Å². The molecular formula is C16H20N6O2. The van der Waals surface area contributed by atoms with Crippen molar-refractivity contribution < 1.29 is 9.59 Å². The van der Waals surface area contributed by atoms with Crippen molar-refractivity contribution in [1.82, 2.24) is 25.1 Å². The third-order valence-electron chi connectivity index (χ3n) is 3.35. The quantitative estimate of drug-likeness (QED) is 0.759. The zero-order chi connectivity index (χ0) is 17.7. The van der Waals surface area contributed by atoms with Crippen LogP contribution in [0, 0.1) is 0 Å². The fourth-order valence-electron chi connectivity index (χ4n) is 2.13. The highest BCUT2D eigenvalue weighted by atomic mass is 16.2. The monoisotopic (exact) mass is 328 g/mol. The van der Waals surface area contributed by atoms with Gasteiger partial charge in [0.25, 0.3) is 0 Å². The average molecular weight is 328 g/mol. The fraction of sp³-hybridized carbons (Fsp3) is 0.312. The van der Waals surface area contributed by atoms with Crippen molar-refractivity contribution in [2.45, 2.75) is 20.4 Å². The van der Waals surface area contributed by atoms with Crippen molar-refractivity contribution in [3.63, 3.8) is 0 Å². The van der Waals surface area contributed by atoms with E-state index in [-0.39, 0.29) is 12.5 Å². The van der Waals surface area contributed by atoms with E-state index in [1.165, 1.54) is 4.80 Å². The minimum atomic E-state index is -0.499. The first-order valence-electron chi connectivity index (χ1n) is 7.51. The molecule has 0 aliphatic rings. The largest absolute Gasteiger partial charge is 0.366 e. The highest BCUT2D eigenvalue weighted by Gasteiger charge is 2.15. The van der Waals surface area contributed by atoms with Crippen LogP contribution in [-0.4, -0.2) is 50.0 Å². The van der Waals surface area contributed by atoms with Crippen molar-refractivity contribution in [3.8, 4) is 11.4 Å². The van der Waals surface area contributed by atoms with E-state index in [1.54, 1.807) is 29.2 Å². The summed E-state index contributed by atoms with van der Waals surface area (Å²) in [6, 6.07) is 6.55. The van der Waals surface area contributed by atoms with E-state index >= 15 is 0 Å². The van der Waals surface area contributed by atoms with E-state index in [4.69, 9.17) is 5.73 Å². The van der Waals surface area contributed by atoms with Crippen LogP contribution in [0.1, 0.15) is 24.2 Å². The van der Waals surface area contributed by atoms with Crippen molar-refractivity contribution in [3.05, 3.63) is 42.0 Å². The van der Waals surface area contributed by atoms with Gasteiger partial charge in [-0.2, -0.15) is 4.80 Å². The molecule has 0 atom stereocenters. The summed E-state index contributed by atoms with van der Waals surface area (Å²) >= 11 is 0. The first-order chi connectivity index (χ1) is 11.4. The molecule has 2 amide bonds. The fourth-order valence-corrected chi connectivity index (χ4v) is 2.13. The molecule has 2 aromatic rings. The number of rotatable bonds is 7. The first-order valence-corrected chi connectivity index (χ1v) is 7.51. The van der Waals surface area contributed by atoms with Crippen LogP contribution in [0.5, 0.6) is 0 Å². The maximum atomic E-state index is 12.2. The predicted octanol–water partition coefficient (Wildman–Crippen LogP) is 0.864. The van der Waals surface area contributed by atoms with Gasteiger partial charge in [-0.15, -0.1) is 10.2 Å². The topological polar surface area (TPSA) is 107 Å². The van der Waals surface area contributed by atoms with Crippen LogP contribution in [0.2, 0.25) is 0 Å². The number of carbonyl (C=O) groups is 2. The number of nitrogens with zero attached hydrogens (tertiary/aromatic N) is 5. The Morgan fingerprint density at radius 1 is 1.29 bits per heavy atom. The summed E-state index contributed by atoms with van der Waals surface area (Å²) in [5, 5.41) is 12.0. The Labute approximate surface area is 139 Å². The lowest BCUT2D eigenvalue weighted by atomic mass is 10.1. The molecule has 0 spiro atoms. The Balaban J connectivity index is 2.08. The van der Waals surface area contributed by atoms with Crippen LogP contribution in [0.15, 0.2) is 36.4 Å². The van der Waals surface area contributed by atoms with Crippen molar-refractivity contribution in [2.75, 3.05) is 13.1 Å². The molecule has 0 saturated carbocycles. The number of aromatic nitrogens is 4. The molecule has 0 aliphatic heterocycles. The first kappa shape index (κ1) is 17.3. The van der Waals surface area contributed by atoms with Gasteiger partial charge in [0.2, 0.25) is 17.6 Å². The SMILES string of the molecule is C=C(C)CN(CC)C(=O)Cn1nnc(-c2ccc(C(N)=O)cc2)n1. The summed E-state index contributed by atoms with van der Waals surface area (Å²) < 4.78 is 0. The molecule has 8 nitrogen and oxygen atoms in total. The number of hydrogen-bond acceptors (Lipinski definition) is 5. The molecule has 1 heterocycles. The van der Waals surface area contributed by atoms with Gasteiger partial charge in [-0.05, 0) is 31.2 Å². The molecular weight excluding hydrogens is 308 g/mol. The van der Waals surface area contributed by atoms with Gasteiger partial charge in [-0.25, -0.2) is 0 Å². The molecule has 0 fully saturated rings. The van der Waals surface area contributed by atoms with Crippen molar-refractivity contribution in [1.29, 1.82) is 0 Å². The molecule has 0 saturated heterocycles. The highest BCUT2D eigenvalue weighted by molar-refractivity contribution is 5.93. The highest BCUT2D eigenvalue weighted by Crippen LogP contribution is 2.14. The summed E-state index contributed by atoms with van der Waals surface area (Å²) in [6.07, 6.45) is 0. The minimum absolute atomic E-state index is 0.00743. The Morgan fingerprint density at radius 3 is 2.50 bits per heavy atom. The predicted molar refractivity (Wildman–Crippen MR) is 88.8 cm³/mol. The van der Waals surface area contributed by atoms with E-state index in [1.807, 2.05) is 13.8 Å². The Hall–Kier alpha value is -3.03. The Morgan fingerprint density at radius 2 is 1.96 bits per heavy atom. The zero-order valence-corrected chi connectivity index (χ0v) is 13.8. The van der Waals surface area contributed by atoms with E-state index in [0.717, 1.165) is 5.57 Å². The lowest BCUT2D eigenvalue weighted by Crippen LogP contribution is -2.35. The molecule has 0 unspecified atom stereocenters. The number of amides is 2. The maximum Gasteiger partial charge on any atom is 0.248 e. The average Bonchev–Trinajstić information content (AvgIpc) is 3.00. The molecule has 0 bridgehead atoms. The summed E-state index contributed by atoms with van der Waals surface area (Å²) in [5.41, 5.74) is 7.20. The maximum absolute atomic E-state index is 12.2. The number of benzene rings is 1. The normalized spacial score (nSPS) is 10.4. The zero-order valence-electron chi connectivity index (χ0n) is 13.8. The summed E-state index contributed by atoms with van der Waals surface area (Å²) in [4.78, 5) is 26.2. The standard InChI is InChI=1S/C16H20N6O2/c1-4-21(9-11(2)3)14(23)10-22-19-16(18-20-22)13-7-5-12(6-8-13)15(17)24/h5-8H,2,4,9-10H2,1,3H3,(H2,17,24). The van der Waals surface area contributed by atoms with Crippen LogP contribution in [-0.2, 0) is 11.3 Å². The van der Waals surface area contributed by atoms with Crippen LogP contribution in [0.25, 0.3) is 11.4 Å². The van der Waals surface area contributed by atoms with E-state index in [2.05, 4.69) is 22.0 Å². The number of primary amides is 1. The molecule has 1 aromatic carbocycles. The number of carbonyl (C=O) groups excluding carboxylic acids is 2.